The molecule has 1 heterocycles. The first-order chi connectivity index (χ1) is 11.6. The van der Waals surface area contributed by atoms with E-state index >= 15 is 0 Å². The molecule has 1 aliphatic carbocycles. The number of likely N-dealkylation sites (N-methyl/N-ethyl adjacent to an activating group) is 1. The van der Waals surface area contributed by atoms with E-state index in [2.05, 4.69) is 10.2 Å². The summed E-state index contributed by atoms with van der Waals surface area (Å²) in [5, 5.41) is 3.01. The minimum absolute atomic E-state index is 0.0261. The normalized spacial score (nSPS) is 23.2. The molecule has 2 rings (SSSR count). The van der Waals surface area contributed by atoms with Crippen molar-refractivity contribution in [3.63, 3.8) is 0 Å². The Hall–Kier alpha value is -1.14. The maximum atomic E-state index is 12.3. The molecular weight excluding hydrogens is 308 g/mol. The number of carbonyl (C=O) groups excluding carboxylic acids is 2. The standard InChI is InChI=1S/C18H32N2O4/c1-3-24-17(22)11-18(8-5-4-6-9-18)20(2)13-16(21)19-12-15-7-10-23-14-15/h15H,3-14H2,1-2H3,(H,19,21)/t15-/m1/s1. The van der Waals surface area contributed by atoms with E-state index in [1.165, 1.54) is 6.42 Å². The molecule has 138 valence electrons. The molecule has 1 atom stereocenters. The van der Waals surface area contributed by atoms with E-state index in [0.29, 0.717) is 32.0 Å². The van der Waals surface area contributed by atoms with Gasteiger partial charge in [-0.05, 0) is 33.2 Å². The zero-order chi connectivity index (χ0) is 17.4. The molecule has 0 unspecified atom stereocenters. The number of rotatable bonds is 8. The molecule has 0 spiro atoms. The lowest BCUT2D eigenvalue weighted by molar-refractivity contribution is -0.148. The van der Waals surface area contributed by atoms with Crippen molar-refractivity contribution in [1.82, 2.24) is 10.2 Å². The van der Waals surface area contributed by atoms with Crippen LogP contribution >= 0.6 is 0 Å². The average molecular weight is 340 g/mol. The van der Waals surface area contributed by atoms with Crippen molar-refractivity contribution < 1.29 is 19.1 Å². The van der Waals surface area contributed by atoms with Crippen LogP contribution in [0.1, 0.15) is 51.9 Å². The third-order valence-electron chi connectivity index (χ3n) is 5.37. The molecule has 0 aromatic carbocycles. The van der Waals surface area contributed by atoms with Gasteiger partial charge in [0.2, 0.25) is 5.91 Å². The SMILES string of the molecule is CCOC(=O)CC1(N(C)CC(=O)NC[C@H]2CCOC2)CCCCC1. The lowest BCUT2D eigenvalue weighted by Gasteiger charge is -2.44. The van der Waals surface area contributed by atoms with Crippen molar-refractivity contribution in [2.75, 3.05) is 40.0 Å². The highest BCUT2D eigenvalue weighted by Crippen LogP contribution is 2.36. The summed E-state index contributed by atoms with van der Waals surface area (Å²) in [5.74, 6) is 0.301. The monoisotopic (exact) mass is 340 g/mol. The van der Waals surface area contributed by atoms with Crippen molar-refractivity contribution in [2.24, 2.45) is 5.92 Å². The minimum atomic E-state index is -0.238. The predicted octanol–water partition coefficient (Wildman–Crippen LogP) is 1.73. The molecular formula is C18H32N2O4. The summed E-state index contributed by atoms with van der Waals surface area (Å²) in [6.45, 7) is 4.77. The van der Waals surface area contributed by atoms with E-state index in [0.717, 1.165) is 45.3 Å². The Kier molecular flexibility index (Phi) is 7.49. The fourth-order valence-corrected chi connectivity index (χ4v) is 3.83. The summed E-state index contributed by atoms with van der Waals surface area (Å²) in [7, 11) is 1.96. The largest absolute Gasteiger partial charge is 0.466 e. The lowest BCUT2D eigenvalue weighted by Crippen LogP contribution is -2.53. The van der Waals surface area contributed by atoms with Crippen LogP contribution in [0, 0.1) is 5.92 Å². The van der Waals surface area contributed by atoms with Crippen molar-refractivity contribution in [3.8, 4) is 0 Å². The number of nitrogens with one attached hydrogen (secondary N) is 1. The van der Waals surface area contributed by atoms with Gasteiger partial charge >= 0.3 is 5.97 Å². The second-order valence-corrected chi connectivity index (χ2v) is 7.16. The van der Waals surface area contributed by atoms with Crippen LogP contribution in [-0.4, -0.2) is 62.3 Å². The summed E-state index contributed by atoms with van der Waals surface area (Å²) >= 11 is 0. The lowest BCUT2D eigenvalue weighted by atomic mass is 9.78. The molecule has 0 radical (unpaired) electrons. The van der Waals surface area contributed by atoms with Crippen LogP contribution in [0.3, 0.4) is 0 Å². The third-order valence-corrected chi connectivity index (χ3v) is 5.37. The molecule has 0 bridgehead atoms. The molecule has 0 aromatic heterocycles. The van der Waals surface area contributed by atoms with E-state index in [1.807, 2.05) is 14.0 Å². The van der Waals surface area contributed by atoms with Crippen molar-refractivity contribution in [1.29, 1.82) is 0 Å². The number of hydrogen-bond acceptors (Lipinski definition) is 5. The first-order valence-electron chi connectivity index (χ1n) is 9.27. The summed E-state index contributed by atoms with van der Waals surface area (Å²) in [4.78, 5) is 26.4. The molecule has 1 aliphatic heterocycles. The fraction of sp³-hybridized carbons (Fsp3) is 0.889. The molecule has 1 N–H and O–H groups in total. The first-order valence-corrected chi connectivity index (χ1v) is 9.27. The van der Waals surface area contributed by atoms with Gasteiger partial charge in [-0.2, -0.15) is 0 Å². The fourth-order valence-electron chi connectivity index (χ4n) is 3.83. The van der Waals surface area contributed by atoms with Crippen LogP contribution in [0.25, 0.3) is 0 Å². The first kappa shape index (κ1) is 19.2. The van der Waals surface area contributed by atoms with Crippen LogP contribution in [0.15, 0.2) is 0 Å². The maximum Gasteiger partial charge on any atom is 0.307 e. The quantitative estimate of drug-likeness (QED) is 0.682. The highest BCUT2D eigenvalue weighted by atomic mass is 16.5. The Morgan fingerprint density at radius 3 is 2.67 bits per heavy atom. The van der Waals surface area contributed by atoms with Crippen molar-refractivity contribution in [3.05, 3.63) is 0 Å². The minimum Gasteiger partial charge on any atom is -0.466 e. The second kappa shape index (κ2) is 9.37. The maximum absolute atomic E-state index is 12.3. The second-order valence-electron chi connectivity index (χ2n) is 7.16. The van der Waals surface area contributed by atoms with Gasteiger partial charge in [-0.3, -0.25) is 14.5 Å². The molecule has 24 heavy (non-hydrogen) atoms. The highest BCUT2D eigenvalue weighted by Gasteiger charge is 2.39. The van der Waals surface area contributed by atoms with Gasteiger partial charge in [0.1, 0.15) is 0 Å². The Bertz CT molecular complexity index is 415. The highest BCUT2D eigenvalue weighted by molar-refractivity contribution is 5.78. The van der Waals surface area contributed by atoms with Gasteiger partial charge in [0.15, 0.2) is 0 Å². The zero-order valence-corrected chi connectivity index (χ0v) is 15.1. The van der Waals surface area contributed by atoms with Gasteiger partial charge in [-0.25, -0.2) is 0 Å². The van der Waals surface area contributed by atoms with Crippen LogP contribution in [-0.2, 0) is 19.1 Å². The van der Waals surface area contributed by atoms with Crippen molar-refractivity contribution >= 4 is 11.9 Å². The summed E-state index contributed by atoms with van der Waals surface area (Å²) in [6.07, 6.45) is 6.70. The predicted molar refractivity (Wildman–Crippen MR) is 91.6 cm³/mol. The Morgan fingerprint density at radius 2 is 2.04 bits per heavy atom. The van der Waals surface area contributed by atoms with E-state index in [1.54, 1.807) is 0 Å². The van der Waals surface area contributed by atoms with Crippen LogP contribution in [0.5, 0.6) is 0 Å². The topological polar surface area (TPSA) is 67.9 Å². The molecule has 2 aliphatic rings. The van der Waals surface area contributed by atoms with Gasteiger partial charge in [-0.1, -0.05) is 19.3 Å². The Balaban J connectivity index is 1.87. The number of nitrogens with zero attached hydrogens (tertiary/aromatic N) is 1. The number of esters is 1. The smallest absolute Gasteiger partial charge is 0.307 e. The van der Waals surface area contributed by atoms with Crippen LogP contribution < -0.4 is 5.32 Å². The number of amides is 1. The average Bonchev–Trinajstić information content (AvgIpc) is 3.07. The third kappa shape index (κ3) is 5.45. The van der Waals surface area contributed by atoms with E-state index < -0.39 is 0 Å². The number of ether oxygens (including phenoxy) is 2. The molecule has 1 saturated heterocycles. The van der Waals surface area contributed by atoms with Crippen LogP contribution in [0.2, 0.25) is 0 Å². The van der Waals surface area contributed by atoms with E-state index in [4.69, 9.17) is 9.47 Å². The molecule has 2 fully saturated rings. The molecule has 6 nitrogen and oxygen atoms in total. The molecule has 1 amide bonds. The molecule has 1 saturated carbocycles. The number of carbonyl (C=O) groups is 2. The zero-order valence-electron chi connectivity index (χ0n) is 15.1. The van der Waals surface area contributed by atoms with Crippen molar-refractivity contribution in [2.45, 2.75) is 57.4 Å². The van der Waals surface area contributed by atoms with E-state index in [-0.39, 0.29) is 17.4 Å². The molecule has 0 aromatic rings. The Morgan fingerprint density at radius 1 is 1.29 bits per heavy atom. The van der Waals surface area contributed by atoms with Gasteiger partial charge in [0.25, 0.3) is 0 Å². The van der Waals surface area contributed by atoms with Gasteiger partial charge in [0, 0.05) is 24.6 Å². The summed E-state index contributed by atoms with van der Waals surface area (Å²) in [5.41, 5.74) is -0.238. The van der Waals surface area contributed by atoms with Crippen LogP contribution in [0.4, 0.5) is 0 Å². The van der Waals surface area contributed by atoms with E-state index in [9.17, 15) is 9.59 Å². The van der Waals surface area contributed by atoms with Gasteiger partial charge < -0.3 is 14.8 Å². The number of hydrogen-bond donors (Lipinski definition) is 1. The van der Waals surface area contributed by atoms with Gasteiger partial charge in [-0.15, -0.1) is 0 Å². The Labute approximate surface area is 145 Å². The van der Waals surface area contributed by atoms with Gasteiger partial charge in [0.05, 0.1) is 26.2 Å². The molecule has 6 heteroatoms. The summed E-state index contributed by atoms with van der Waals surface area (Å²) in [6, 6.07) is 0. The summed E-state index contributed by atoms with van der Waals surface area (Å²) < 4.78 is 10.5.